The lowest BCUT2D eigenvalue weighted by molar-refractivity contribution is -0.134. The van der Waals surface area contributed by atoms with E-state index in [0.717, 1.165) is 37.6 Å². The summed E-state index contributed by atoms with van der Waals surface area (Å²) in [6.45, 7) is 10.5. The predicted octanol–water partition coefficient (Wildman–Crippen LogP) is 3.19. The second-order valence-corrected chi connectivity index (χ2v) is 10.4. The number of carbonyl (C=O) groups excluding carboxylic acids is 1. The molecule has 13 nitrogen and oxygen atoms in total. The minimum atomic E-state index is -0.833. The van der Waals surface area contributed by atoms with Gasteiger partial charge in [-0.1, -0.05) is 32.9 Å². The van der Waals surface area contributed by atoms with Gasteiger partial charge in [0.2, 0.25) is 0 Å². The molecule has 2 heterocycles. The van der Waals surface area contributed by atoms with Gasteiger partial charge >= 0.3 is 5.69 Å². The van der Waals surface area contributed by atoms with E-state index >= 15 is 0 Å². The molecule has 4 rings (SSSR count). The number of hydrogen-bond acceptors (Lipinski definition) is 8. The predicted molar refractivity (Wildman–Crippen MR) is 172 cm³/mol. The number of ether oxygens (including phenoxy) is 1. The number of imidazole rings is 1. The van der Waals surface area contributed by atoms with Crippen LogP contribution < -0.4 is 21.3 Å². The van der Waals surface area contributed by atoms with E-state index in [9.17, 15) is 19.5 Å². The second-order valence-electron chi connectivity index (χ2n) is 10.4. The molecule has 242 valence electrons. The van der Waals surface area contributed by atoms with Gasteiger partial charge in [0.1, 0.15) is 22.8 Å². The number of amides is 1. The first-order valence-corrected chi connectivity index (χ1v) is 15.0. The quantitative estimate of drug-likeness (QED) is 0.165. The third kappa shape index (κ3) is 9.80. The van der Waals surface area contributed by atoms with Crippen LogP contribution in [0.1, 0.15) is 46.1 Å². The lowest BCUT2D eigenvalue weighted by Crippen LogP contribution is -2.40. The highest BCUT2D eigenvalue weighted by atomic mass is 16.5. The van der Waals surface area contributed by atoms with Crippen molar-refractivity contribution in [2.45, 2.75) is 60.2 Å². The molecular formula is C32H42N6O7. The van der Waals surface area contributed by atoms with Gasteiger partial charge in [-0.15, -0.1) is 0 Å². The number of aromatic amines is 1. The van der Waals surface area contributed by atoms with Gasteiger partial charge in [-0.2, -0.15) is 0 Å². The summed E-state index contributed by atoms with van der Waals surface area (Å²) in [5, 5.41) is 19.7. The number of phenols is 1. The minimum Gasteiger partial charge on any atom is -0.508 e. The summed E-state index contributed by atoms with van der Waals surface area (Å²) < 4.78 is 8.47. The number of nitrogens with one attached hydrogen (secondary N) is 2. The monoisotopic (exact) mass is 622 g/mol. The average molecular weight is 623 g/mol. The zero-order valence-corrected chi connectivity index (χ0v) is 26.2. The number of aliphatic carboxylic acids is 1. The molecule has 0 atom stereocenters. The molecule has 1 amide bonds. The van der Waals surface area contributed by atoms with Gasteiger partial charge in [0.25, 0.3) is 17.4 Å². The number of benzene rings is 2. The summed E-state index contributed by atoms with van der Waals surface area (Å²) in [6.07, 6.45) is 1.41. The van der Waals surface area contributed by atoms with Crippen LogP contribution >= 0.6 is 0 Å². The molecule has 2 aromatic carbocycles. The topological polar surface area (TPSA) is 172 Å². The number of phenolic OH excluding ortho intramolecular Hbond substituents is 1. The fourth-order valence-electron chi connectivity index (χ4n) is 4.62. The molecule has 0 saturated carbocycles. The highest BCUT2D eigenvalue weighted by Crippen LogP contribution is 2.22. The van der Waals surface area contributed by atoms with Gasteiger partial charge in [-0.3, -0.25) is 28.4 Å². The van der Waals surface area contributed by atoms with Crippen LogP contribution in [0.15, 0.2) is 58.1 Å². The van der Waals surface area contributed by atoms with Crippen LogP contribution in [0.3, 0.4) is 0 Å². The molecule has 0 saturated heterocycles. The van der Waals surface area contributed by atoms with Gasteiger partial charge in [0.15, 0.2) is 12.3 Å². The van der Waals surface area contributed by atoms with Crippen LogP contribution in [0.25, 0.3) is 22.6 Å². The number of H-pyrrole nitrogens is 1. The maximum absolute atomic E-state index is 13.0. The summed E-state index contributed by atoms with van der Waals surface area (Å²) >= 11 is 0. The Hall–Kier alpha value is -4.91. The smallest absolute Gasteiger partial charge is 0.332 e. The Morgan fingerprint density at radius 2 is 1.60 bits per heavy atom. The molecule has 0 aliphatic carbocycles. The number of carboxylic acids is 1. The van der Waals surface area contributed by atoms with Crippen LogP contribution in [-0.2, 0) is 29.2 Å². The first kappa shape index (κ1) is 34.6. The van der Waals surface area contributed by atoms with Gasteiger partial charge in [0.05, 0.1) is 0 Å². The molecule has 4 aromatic rings. The minimum absolute atomic E-state index is 0.117. The number of aromatic hydroxyl groups is 1. The van der Waals surface area contributed by atoms with Crippen LogP contribution in [0.2, 0.25) is 0 Å². The molecule has 45 heavy (non-hydrogen) atoms. The van der Waals surface area contributed by atoms with Crippen molar-refractivity contribution in [1.29, 1.82) is 0 Å². The Morgan fingerprint density at radius 1 is 0.978 bits per heavy atom. The van der Waals surface area contributed by atoms with E-state index in [-0.39, 0.29) is 29.5 Å². The van der Waals surface area contributed by atoms with E-state index < -0.39 is 5.97 Å². The highest BCUT2D eigenvalue weighted by Gasteiger charge is 2.17. The fraction of sp³-hybridized carbons (Fsp3) is 0.406. The molecule has 0 radical (unpaired) electrons. The third-order valence-electron chi connectivity index (χ3n) is 6.79. The molecule has 4 N–H and O–H groups in total. The summed E-state index contributed by atoms with van der Waals surface area (Å²) in [5.41, 5.74) is 1.77. The van der Waals surface area contributed by atoms with Crippen molar-refractivity contribution in [3.8, 4) is 22.9 Å². The number of nitrogens with zero attached hydrogens (tertiary/aromatic N) is 4. The molecule has 0 aliphatic rings. The molecule has 13 heteroatoms. The normalized spacial score (nSPS) is 10.9. The fourth-order valence-corrected chi connectivity index (χ4v) is 4.62. The molecule has 0 spiro atoms. The summed E-state index contributed by atoms with van der Waals surface area (Å²) in [4.78, 5) is 57.1. The number of aryl methyl sites for hydroxylation is 1. The Balaban J connectivity index is 0.00000130. The standard InChI is InChI=1S/C30H38N6O5.C2H4O2/c1-4-16-35-28-26(29(39)36(17-5-2)30(35)40)32-27(33-28)22-9-13-24(14-10-22)41-20-25(38)31-15-18-34(6-3)19-21-7-11-23(37)12-8-21;1-2(3)4/h7-14,37H,4-6,15-20H2,1-3H3,(H,31,38)(H,32,33);1H3,(H,3,4). The Kier molecular flexibility index (Phi) is 12.9. The second kappa shape index (κ2) is 16.8. The average Bonchev–Trinajstić information content (AvgIpc) is 3.46. The van der Waals surface area contributed by atoms with Crippen molar-refractivity contribution >= 4 is 23.0 Å². The molecular weight excluding hydrogens is 580 g/mol. The number of fused-ring (bicyclic) bond motifs is 1. The van der Waals surface area contributed by atoms with Gasteiger partial charge in [-0.25, -0.2) is 9.78 Å². The van der Waals surface area contributed by atoms with E-state index in [0.29, 0.717) is 55.3 Å². The largest absolute Gasteiger partial charge is 0.508 e. The van der Waals surface area contributed by atoms with Gasteiger partial charge in [-0.05, 0) is 61.3 Å². The van der Waals surface area contributed by atoms with Crippen molar-refractivity contribution in [2.75, 3.05) is 26.2 Å². The number of carbonyl (C=O) groups is 2. The molecule has 0 fully saturated rings. The van der Waals surface area contributed by atoms with E-state index in [1.807, 2.05) is 26.0 Å². The van der Waals surface area contributed by atoms with Crippen molar-refractivity contribution in [3.63, 3.8) is 0 Å². The van der Waals surface area contributed by atoms with Crippen LogP contribution in [0, 0.1) is 0 Å². The van der Waals surface area contributed by atoms with Gasteiger partial charge in [0, 0.05) is 45.2 Å². The number of carboxylic acid groups (broad SMARTS) is 1. The third-order valence-corrected chi connectivity index (χ3v) is 6.79. The number of aromatic nitrogens is 4. The van der Waals surface area contributed by atoms with Crippen molar-refractivity contribution in [3.05, 3.63) is 74.9 Å². The van der Waals surface area contributed by atoms with Crippen LogP contribution in [-0.4, -0.2) is 72.3 Å². The molecule has 2 aromatic heterocycles. The summed E-state index contributed by atoms with van der Waals surface area (Å²) in [6, 6.07) is 14.2. The summed E-state index contributed by atoms with van der Waals surface area (Å²) in [7, 11) is 0. The maximum atomic E-state index is 13.0. The zero-order valence-electron chi connectivity index (χ0n) is 26.2. The lowest BCUT2D eigenvalue weighted by atomic mass is 10.2. The number of likely N-dealkylation sites (N-methyl/N-ethyl adjacent to an activating group) is 1. The molecule has 0 unspecified atom stereocenters. The molecule has 0 bridgehead atoms. The SMILES string of the molecule is CC(=O)O.CCCn1c(=O)c2[nH]c(-c3ccc(OCC(=O)NCCN(CC)Cc4ccc(O)cc4)cc3)nc2n(CCC)c1=O. The number of rotatable bonds is 14. The maximum Gasteiger partial charge on any atom is 0.332 e. The van der Waals surface area contributed by atoms with Crippen LogP contribution in [0.4, 0.5) is 0 Å². The van der Waals surface area contributed by atoms with Crippen molar-refractivity contribution in [2.24, 2.45) is 0 Å². The Morgan fingerprint density at radius 3 is 2.20 bits per heavy atom. The zero-order chi connectivity index (χ0) is 32.9. The van der Waals surface area contributed by atoms with E-state index in [4.69, 9.17) is 14.6 Å². The van der Waals surface area contributed by atoms with Gasteiger partial charge < -0.3 is 25.3 Å². The Bertz CT molecular complexity index is 1670. The number of hydrogen-bond donors (Lipinski definition) is 4. The van der Waals surface area contributed by atoms with Crippen molar-refractivity contribution in [1.82, 2.24) is 29.3 Å². The van der Waals surface area contributed by atoms with E-state index in [1.165, 1.54) is 4.57 Å². The first-order chi connectivity index (χ1) is 21.6. The first-order valence-electron chi connectivity index (χ1n) is 15.0. The van der Waals surface area contributed by atoms with Crippen molar-refractivity contribution < 1.29 is 24.5 Å². The van der Waals surface area contributed by atoms with Crippen LogP contribution in [0.5, 0.6) is 11.5 Å². The Labute approximate surface area is 261 Å². The lowest BCUT2D eigenvalue weighted by Gasteiger charge is -2.20. The summed E-state index contributed by atoms with van der Waals surface area (Å²) in [5.74, 6) is 0.192. The van der Waals surface area contributed by atoms with E-state index in [2.05, 4.69) is 27.1 Å². The van der Waals surface area contributed by atoms with E-state index in [1.54, 1.807) is 41.0 Å². The highest BCUT2D eigenvalue weighted by molar-refractivity contribution is 5.77. The molecule has 0 aliphatic heterocycles.